The van der Waals surface area contributed by atoms with E-state index >= 15 is 0 Å². The predicted molar refractivity (Wildman–Crippen MR) is 80.3 cm³/mol. The van der Waals surface area contributed by atoms with Crippen molar-refractivity contribution in [3.05, 3.63) is 48.2 Å². The van der Waals surface area contributed by atoms with Crippen LogP contribution in [0, 0.1) is 0 Å². The van der Waals surface area contributed by atoms with E-state index in [0.29, 0.717) is 0 Å². The number of allylic oxidation sites excluding steroid dienone is 1. The first-order chi connectivity index (χ1) is 9.20. The van der Waals surface area contributed by atoms with Gasteiger partial charge >= 0.3 is 0 Å². The number of hydrogen-bond acceptors (Lipinski definition) is 2. The van der Waals surface area contributed by atoms with Gasteiger partial charge in [0.05, 0.1) is 6.61 Å². The lowest BCUT2D eigenvalue weighted by atomic mass is 10.1. The minimum atomic E-state index is 0.747. The summed E-state index contributed by atoms with van der Waals surface area (Å²) in [5.41, 5.74) is 3.74. The molecule has 19 heavy (non-hydrogen) atoms. The molecule has 0 amide bonds. The molecule has 0 spiro atoms. The molecule has 3 nitrogen and oxygen atoms in total. The third-order valence-electron chi connectivity index (χ3n) is 3.09. The van der Waals surface area contributed by atoms with E-state index < -0.39 is 0 Å². The van der Waals surface area contributed by atoms with Crippen LogP contribution >= 0.6 is 0 Å². The van der Waals surface area contributed by atoms with Gasteiger partial charge in [-0.05, 0) is 36.1 Å². The Morgan fingerprint density at radius 1 is 1.37 bits per heavy atom. The molecular formula is C16H22N2O. The van der Waals surface area contributed by atoms with Gasteiger partial charge in [-0.1, -0.05) is 18.2 Å². The number of rotatable bonds is 7. The van der Waals surface area contributed by atoms with Crippen LogP contribution in [0.1, 0.15) is 12.5 Å². The quantitative estimate of drug-likeness (QED) is 0.610. The van der Waals surface area contributed by atoms with E-state index in [0.717, 1.165) is 26.2 Å². The van der Waals surface area contributed by atoms with Crippen molar-refractivity contribution in [2.24, 2.45) is 0 Å². The highest BCUT2D eigenvalue weighted by molar-refractivity contribution is 5.81. The molecule has 1 N–H and O–H groups in total. The fourth-order valence-corrected chi connectivity index (χ4v) is 2.20. The van der Waals surface area contributed by atoms with Crippen LogP contribution in [0.15, 0.2) is 42.6 Å². The maximum absolute atomic E-state index is 5.02. The molecule has 0 saturated heterocycles. The molecule has 0 aliphatic heterocycles. The van der Waals surface area contributed by atoms with Crippen LogP contribution in [-0.4, -0.2) is 24.8 Å². The highest BCUT2D eigenvalue weighted by atomic mass is 16.5. The van der Waals surface area contributed by atoms with Crippen molar-refractivity contribution in [3.8, 4) is 0 Å². The minimum absolute atomic E-state index is 0.747. The van der Waals surface area contributed by atoms with Crippen LogP contribution in [-0.2, 0) is 17.8 Å². The fourth-order valence-electron chi connectivity index (χ4n) is 2.20. The van der Waals surface area contributed by atoms with E-state index in [-0.39, 0.29) is 0 Å². The van der Waals surface area contributed by atoms with Crippen LogP contribution in [0.5, 0.6) is 0 Å². The highest BCUT2D eigenvalue weighted by Crippen LogP contribution is 2.18. The van der Waals surface area contributed by atoms with Crippen molar-refractivity contribution in [1.29, 1.82) is 0 Å². The Hall–Kier alpha value is -1.58. The molecule has 1 heterocycles. The van der Waals surface area contributed by atoms with Crippen LogP contribution in [0.4, 0.5) is 0 Å². The van der Waals surface area contributed by atoms with E-state index in [1.165, 1.54) is 22.0 Å². The Morgan fingerprint density at radius 2 is 2.21 bits per heavy atom. The number of benzene rings is 1. The molecule has 0 radical (unpaired) electrons. The Morgan fingerprint density at radius 3 is 2.95 bits per heavy atom. The summed E-state index contributed by atoms with van der Waals surface area (Å²) in [6.07, 6.45) is 2.13. The lowest BCUT2D eigenvalue weighted by Gasteiger charge is -2.07. The number of aromatic nitrogens is 1. The van der Waals surface area contributed by atoms with Gasteiger partial charge in [-0.3, -0.25) is 0 Å². The van der Waals surface area contributed by atoms with Crippen LogP contribution < -0.4 is 5.32 Å². The second-order valence-corrected chi connectivity index (χ2v) is 4.96. The van der Waals surface area contributed by atoms with Gasteiger partial charge in [-0.2, -0.15) is 0 Å². The molecule has 0 aliphatic rings. The van der Waals surface area contributed by atoms with Crippen molar-refractivity contribution in [2.75, 3.05) is 20.3 Å². The van der Waals surface area contributed by atoms with Crippen molar-refractivity contribution in [1.82, 2.24) is 9.88 Å². The van der Waals surface area contributed by atoms with E-state index in [2.05, 4.69) is 53.8 Å². The summed E-state index contributed by atoms with van der Waals surface area (Å²) in [6, 6.07) is 8.77. The van der Waals surface area contributed by atoms with E-state index in [4.69, 9.17) is 4.74 Å². The smallest absolute Gasteiger partial charge is 0.0587 e. The number of nitrogens with zero attached hydrogens (tertiary/aromatic N) is 1. The fraction of sp³-hybridized carbons (Fsp3) is 0.375. The number of hydrogen-bond donors (Lipinski definition) is 1. The average Bonchev–Trinajstić information content (AvgIpc) is 2.77. The standard InChI is InChI=1S/C16H22N2O/c1-13(2)12-18-8-6-15-10-14(4-5-16(15)18)11-17-7-9-19-3/h4-6,8,10,17H,1,7,9,11-12H2,2-3H3. The van der Waals surface area contributed by atoms with E-state index in [9.17, 15) is 0 Å². The SMILES string of the molecule is C=C(C)Cn1ccc2cc(CNCCOC)ccc21. The number of nitrogens with one attached hydrogen (secondary N) is 1. The summed E-state index contributed by atoms with van der Waals surface area (Å²) in [5, 5.41) is 4.64. The lowest BCUT2D eigenvalue weighted by molar-refractivity contribution is 0.199. The molecule has 0 saturated carbocycles. The van der Waals surface area contributed by atoms with Crippen molar-refractivity contribution >= 4 is 10.9 Å². The molecule has 0 aliphatic carbocycles. The first-order valence-corrected chi connectivity index (χ1v) is 6.62. The molecular weight excluding hydrogens is 236 g/mol. The van der Waals surface area contributed by atoms with Gasteiger partial charge in [0.1, 0.15) is 0 Å². The van der Waals surface area contributed by atoms with E-state index in [1.807, 2.05) is 0 Å². The highest BCUT2D eigenvalue weighted by Gasteiger charge is 2.02. The largest absolute Gasteiger partial charge is 0.383 e. The Kier molecular flexibility index (Phi) is 4.77. The van der Waals surface area contributed by atoms with Gasteiger partial charge in [0.2, 0.25) is 0 Å². The van der Waals surface area contributed by atoms with Crippen LogP contribution in [0.2, 0.25) is 0 Å². The maximum Gasteiger partial charge on any atom is 0.0587 e. The number of methoxy groups -OCH3 is 1. The average molecular weight is 258 g/mol. The Labute approximate surface area is 114 Å². The summed E-state index contributed by atoms with van der Waals surface area (Å²) in [4.78, 5) is 0. The minimum Gasteiger partial charge on any atom is -0.383 e. The summed E-state index contributed by atoms with van der Waals surface area (Å²) in [5.74, 6) is 0. The summed E-state index contributed by atoms with van der Waals surface area (Å²) < 4.78 is 7.25. The van der Waals surface area contributed by atoms with Gasteiger partial charge in [-0.25, -0.2) is 0 Å². The molecule has 0 unspecified atom stereocenters. The molecule has 1 aromatic carbocycles. The maximum atomic E-state index is 5.02. The van der Waals surface area contributed by atoms with Crippen LogP contribution in [0.25, 0.3) is 10.9 Å². The summed E-state index contributed by atoms with van der Waals surface area (Å²) >= 11 is 0. The lowest BCUT2D eigenvalue weighted by Crippen LogP contribution is -2.18. The Bertz CT molecular complexity index is 557. The second-order valence-electron chi connectivity index (χ2n) is 4.96. The van der Waals surface area contributed by atoms with Crippen molar-refractivity contribution < 1.29 is 4.74 Å². The zero-order chi connectivity index (χ0) is 13.7. The predicted octanol–water partition coefficient (Wildman–Crippen LogP) is 2.95. The molecule has 1 aromatic heterocycles. The zero-order valence-electron chi connectivity index (χ0n) is 11.8. The number of ether oxygens (including phenoxy) is 1. The Balaban J connectivity index is 2.07. The normalized spacial score (nSPS) is 11.1. The van der Waals surface area contributed by atoms with Gasteiger partial charge in [-0.15, -0.1) is 0 Å². The molecule has 0 fully saturated rings. The summed E-state index contributed by atoms with van der Waals surface area (Å²) in [7, 11) is 1.72. The second kappa shape index (κ2) is 6.55. The molecule has 2 aromatic rings. The van der Waals surface area contributed by atoms with Gasteiger partial charge in [0.15, 0.2) is 0 Å². The zero-order valence-corrected chi connectivity index (χ0v) is 11.8. The van der Waals surface area contributed by atoms with Crippen molar-refractivity contribution in [2.45, 2.75) is 20.0 Å². The topological polar surface area (TPSA) is 26.2 Å². The monoisotopic (exact) mass is 258 g/mol. The summed E-state index contributed by atoms with van der Waals surface area (Å²) in [6.45, 7) is 9.42. The third kappa shape index (κ3) is 3.69. The van der Waals surface area contributed by atoms with Gasteiger partial charge < -0.3 is 14.6 Å². The van der Waals surface area contributed by atoms with E-state index in [1.54, 1.807) is 7.11 Å². The molecule has 2 rings (SSSR count). The van der Waals surface area contributed by atoms with Crippen LogP contribution in [0.3, 0.4) is 0 Å². The van der Waals surface area contributed by atoms with Gasteiger partial charge in [0.25, 0.3) is 0 Å². The first kappa shape index (κ1) is 13.8. The van der Waals surface area contributed by atoms with Gasteiger partial charge in [0, 0.05) is 38.5 Å². The first-order valence-electron chi connectivity index (χ1n) is 6.62. The third-order valence-corrected chi connectivity index (χ3v) is 3.09. The molecule has 102 valence electrons. The number of fused-ring (bicyclic) bond motifs is 1. The van der Waals surface area contributed by atoms with Crippen molar-refractivity contribution in [3.63, 3.8) is 0 Å². The molecule has 0 bridgehead atoms. The molecule has 3 heteroatoms. The molecule has 0 atom stereocenters.